The summed E-state index contributed by atoms with van der Waals surface area (Å²) in [6.45, 7) is 5.44. The highest BCUT2D eigenvalue weighted by atomic mass is 16.6. The predicted molar refractivity (Wildman–Crippen MR) is 157 cm³/mol. The number of amides is 1. The number of hydrogen-bond donors (Lipinski definition) is 1. The molecule has 0 spiro atoms. The van der Waals surface area contributed by atoms with Crippen molar-refractivity contribution < 1.29 is 23.9 Å². The number of nitrogens with zero attached hydrogens (tertiary/aromatic N) is 1. The second kappa shape index (κ2) is 10.9. The monoisotopic (exact) mass is 554 g/mol. The van der Waals surface area contributed by atoms with Crippen molar-refractivity contribution in [2.24, 2.45) is 5.92 Å². The first-order chi connectivity index (χ1) is 19.7. The van der Waals surface area contributed by atoms with Crippen LogP contribution < -0.4 is 10.1 Å². The Morgan fingerprint density at radius 1 is 0.902 bits per heavy atom. The van der Waals surface area contributed by atoms with E-state index < -0.39 is 11.0 Å². The molecule has 3 atom stereocenters. The summed E-state index contributed by atoms with van der Waals surface area (Å²) in [5, 5.41) is 5.44. The first kappa shape index (κ1) is 27.5. The summed E-state index contributed by atoms with van der Waals surface area (Å²) in [4.78, 5) is 40.4. The Bertz CT molecular complexity index is 1480. The number of fused-ring (bicyclic) bond motifs is 2. The molecule has 0 aromatic heterocycles. The maximum absolute atomic E-state index is 13.5. The van der Waals surface area contributed by atoms with Crippen LogP contribution in [0.5, 0.6) is 5.75 Å². The summed E-state index contributed by atoms with van der Waals surface area (Å²) >= 11 is 0. The van der Waals surface area contributed by atoms with Gasteiger partial charge < -0.3 is 14.8 Å². The van der Waals surface area contributed by atoms with Gasteiger partial charge in [-0.3, -0.25) is 19.3 Å². The van der Waals surface area contributed by atoms with Gasteiger partial charge in [0.05, 0.1) is 0 Å². The highest BCUT2D eigenvalue weighted by molar-refractivity contribution is 5.98. The third-order valence-corrected chi connectivity index (χ3v) is 9.24. The summed E-state index contributed by atoms with van der Waals surface area (Å²) < 4.78 is 11.9. The molecule has 3 aromatic carbocycles. The van der Waals surface area contributed by atoms with E-state index in [2.05, 4.69) is 16.3 Å². The number of rotatable bonds is 7. The molecule has 214 valence electrons. The number of likely N-dealkylation sites (tertiary alicyclic amines) is 1. The van der Waals surface area contributed by atoms with Crippen molar-refractivity contribution in [1.82, 2.24) is 10.2 Å². The van der Waals surface area contributed by atoms with Crippen LogP contribution in [-0.2, 0) is 19.7 Å². The summed E-state index contributed by atoms with van der Waals surface area (Å²) in [6.07, 6.45) is 5.26. The van der Waals surface area contributed by atoms with Gasteiger partial charge in [-0.2, -0.15) is 0 Å². The summed E-state index contributed by atoms with van der Waals surface area (Å²) in [5.41, 5.74) is 0.318. The molecule has 1 heterocycles. The molecule has 0 bridgehead atoms. The van der Waals surface area contributed by atoms with Crippen molar-refractivity contribution in [2.45, 2.75) is 69.4 Å². The number of hydrogen-bond acceptors (Lipinski definition) is 6. The van der Waals surface area contributed by atoms with Gasteiger partial charge in [0, 0.05) is 44.0 Å². The highest BCUT2D eigenvalue weighted by Gasteiger charge is 2.61. The predicted octanol–water partition coefficient (Wildman–Crippen LogP) is 5.40. The van der Waals surface area contributed by atoms with Crippen LogP contribution in [0.2, 0.25) is 0 Å². The average molecular weight is 555 g/mol. The minimum absolute atomic E-state index is 0.101. The van der Waals surface area contributed by atoms with Gasteiger partial charge in [0.1, 0.15) is 11.4 Å². The fourth-order valence-electron chi connectivity index (χ4n) is 7.25. The number of piperidine rings is 1. The van der Waals surface area contributed by atoms with Gasteiger partial charge in [0.15, 0.2) is 0 Å². The maximum atomic E-state index is 13.5. The Morgan fingerprint density at radius 2 is 1.71 bits per heavy atom. The van der Waals surface area contributed by atoms with Gasteiger partial charge in [-0.05, 0) is 91.6 Å². The molecule has 1 amide bonds. The molecule has 41 heavy (non-hydrogen) atoms. The molecule has 7 heteroatoms. The van der Waals surface area contributed by atoms with Crippen LogP contribution in [0, 0.1) is 5.92 Å². The fourth-order valence-corrected chi connectivity index (χ4v) is 7.25. The van der Waals surface area contributed by atoms with Gasteiger partial charge in [0.25, 0.3) is 5.91 Å². The lowest BCUT2D eigenvalue weighted by Gasteiger charge is -2.59. The summed E-state index contributed by atoms with van der Waals surface area (Å²) in [7, 11) is 0. The molecule has 1 aliphatic heterocycles. The molecular formula is C34H38N2O5. The van der Waals surface area contributed by atoms with E-state index in [0.29, 0.717) is 37.1 Å². The molecule has 3 aromatic rings. The normalized spacial score (nSPS) is 26.1. The van der Waals surface area contributed by atoms with E-state index in [1.54, 1.807) is 6.07 Å². The first-order valence-electron chi connectivity index (χ1n) is 14.8. The van der Waals surface area contributed by atoms with Crippen LogP contribution in [0.3, 0.4) is 0 Å². The van der Waals surface area contributed by atoms with E-state index >= 15 is 0 Å². The molecule has 6 rings (SSSR count). The zero-order valence-corrected chi connectivity index (χ0v) is 23.9. The van der Waals surface area contributed by atoms with Crippen molar-refractivity contribution >= 4 is 28.6 Å². The van der Waals surface area contributed by atoms with E-state index in [-0.39, 0.29) is 23.9 Å². The number of carbonyl (C=O) groups is 3. The molecule has 2 aliphatic carbocycles. The zero-order chi connectivity index (χ0) is 28.6. The molecule has 3 unspecified atom stereocenters. The smallest absolute Gasteiger partial charge is 0.308 e. The van der Waals surface area contributed by atoms with Crippen LogP contribution >= 0.6 is 0 Å². The van der Waals surface area contributed by atoms with Crippen molar-refractivity contribution in [2.75, 3.05) is 19.6 Å². The molecule has 0 radical (unpaired) electrons. The van der Waals surface area contributed by atoms with Crippen LogP contribution in [-0.4, -0.2) is 54.0 Å². The lowest BCUT2D eigenvalue weighted by atomic mass is 9.55. The second-order valence-electron chi connectivity index (χ2n) is 12.2. The Hall–Kier alpha value is -3.71. The minimum Gasteiger partial charge on any atom is -0.457 e. The fraction of sp³-hybridized carbons (Fsp3) is 0.441. The standard InChI is InChI=1S/C34H38N2O5/c1-23(37)40-31-9-5-8-29(19-31)33-16-17-36(21-25-10-11-25)22-34(33,41-24(2)38)15-14-30(20-33)35-32(39)28-13-12-26-6-3-4-7-27(26)18-28/h3-9,12-13,18-19,25,30H,10-11,14-17,20-22H2,1-2H3,(H,35,39). The van der Waals surface area contributed by atoms with Crippen LogP contribution in [0.25, 0.3) is 10.8 Å². The Labute approximate surface area is 241 Å². The number of benzene rings is 3. The third kappa shape index (κ3) is 5.60. The van der Waals surface area contributed by atoms with Gasteiger partial charge in [0.2, 0.25) is 0 Å². The summed E-state index contributed by atoms with van der Waals surface area (Å²) in [5.74, 6) is 0.424. The quantitative estimate of drug-likeness (QED) is 0.311. The van der Waals surface area contributed by atoms with Gasteiger partial charge >= 0.3 is 11.9 Å². The van der Waals surface area contributed by atoms with Gasteiger partial charge in [-0.1, -0.05) is 42.5 Å². The van der Waals surface area contributed by atoms with Gasteiger partial charge in [-0.15, -0.1) is 0 Å². The highest BCUT2D eigenvalue weighted by Crippen LogP contribution is 2.54. The first-order valence-corrected chi connectivity index (χ1v) is 14.8. The number of carbonyl (C=O) groups excluding carboxylic acids is 3. The van der Waals surface area contributed by atoms with E-state index in [0.717, 1.165) is 41.8 Å². The minimum atomic E-state index is -0.745. The second-order valence-corrected chi connectivity index (χ2v) is 12.2. The molecule has 1 N–H and O–H groups in total. The van der Waals surface area contributed by atoms with Crippen molar-refractivity contribution in [3.05, 3.63) is 77.9 Å². The summed E-state index contributed by atoms with van der Waals surface area (Å²) in [6, 6.07) is 21.3. The Kier molecular flexibility index (Phi) is 7.32. The lowest BCUT2D eigenvalue weighted by Crippen LogP contribution is -2.68. The van der Waals surface area contributed by atoms with E-state index in [4.69, 9.17) is 9.47 Å². The van der Waals surface area contributed by atoms with Crippen LogP contribution in [0.4, 0.5) is 0 Å². The third-order valence-electron chi connectivity index (χ3n) is 9.24. The molecule has 1 saturated heterocycles. The molecule has 7 nitrogen and oxygen atoms in total. The molecule has 3 fully saturated rings. The average Bonchev–Trinajstić information content (AvgIpc) is 3.76. The van der Waals surface area contributed by atoms with Crippen molar-refractivity contribution in [1.29, 1.82) is 0 Å². The molecule has 2 saturated carbocycles. The van der Waals surface area contributed by atoms with E-state index in [1.807, 2.05) is 54.6 Å². The lowest BCUT2D eigenvalue weighted by molar-refractivity contribution is -0.186. The number of esters is 2. The van der Waals surface area contributed by atoms with E-state index in [1.165, 1.54) is 26.7 Å². The number of nitrogens with one attached hydrogen (secondary N) is 1. The molecule has 3 aliphatic rings. The van der Waals surface area contributed by atoms with Crippen LogP contribution in [0.1, 0.15) is 68.3 Å². The van der Waals surface area contributed by atoms with Gasteiger partial charge in [-0.25, -0.2) is 0 Å². The van der Waals surface area contributed by atoms with Crippen molar-refractivity contribution in [3.63, 3.8) is 0 Å². The topological polar surface area (TPSA) is 84.9 Å². The van der Waals surface area contributed by atoms with E-state index in [9.17, 15) is 14.4 Å². The zero-order valence-electron chi connectivity index (χ0n) is 23.9. The number of ether oxygens (including phenoxy) is 2. The maximum Gasteiger partial charge on any atom is 0.308 e. The van der Waals surface area contributed by atoms with Crippen molar-refractivity contribution in [3.8, 4) is 5.75 Å². The largest absolute Gasteiger partial charge is 0.457 e. The SMILES string of the molecule is CC(=O)Oc1cccc(C23CCN(CC4CC4)CC2(OC(C)=O)CCC(NC(=O)c2ccc4ccccc4c2)C3)c1. The Balaban J connectivity index is 1.34. The Morgan fingerprint density at radius 3 is 2.46 bits per heavy atom. The van der Waals surface area contributed by atoms with Crippen LogP contribution in [0.15, 0.2) is 66.7 Å². The molecular weight excluding hydrogens is 516 g/mol.